The van der Waals surface area contributed by atoms with Gasteiger partial charge in [-0.3, -0.25) is 9.59 Å². The van der Waals surface area contributed by atoms with Crippen molar-refractivity contribution in [3.63, 3.8) is 0 Å². The minimum absolute atomic E-state index is 0.269. The van der Waals surface area contributed by atoms with Gasteiger partial charge in [-0.05, 0) is 36.4 Å². The Labute approximate surface area is 169 Å². The molecule has 144 valence electrons. The Morgan fingerprint density at radius 1 is 0.964 bits per heavy atom. The Kier molecular flexibility index (Phi) is 6.26. The Morgan fingerprint density at radius 2 is 1.61 bits per heavy atom. The Morgan fingerprint density at radius 3 is 2.21 bits per heavy atom. The van der Waals surface area contributed by atoms with Crippen molar-refractivity contribution in [1.82, 2.24) is 5.32 Å². The minimum atomic E-state index is -0.825. The van der Waals surface area contributed by atoms with E-state index in [1.807, 2.05) is 78.2 Å². The first-order valence-corrected chi connectivity index (χ1v) is 9.97. The van der Waals surface area contributed by atoms with Crippen molar-refractivity contribution in [2.45, 2.75) is 25.3 Å². The second kappa shape index (κ2) is 8.85. The molecular formula is C23H23NO3S. The molecule has 1 heterocycles. The maximum atomic E-state index is 12.6. The van der Waals surface area contributed by atoms with Gasteiger partial charge in [-0.25, -0.2) is 0 Å². The summed E-state index contributed by atoms with van der Waals surface area (Å²) in [6, 6.07) is 22.8. The van der Waals surface area contributed by atoms with Crippen LogP contribution in [0.4, 0.5) is 0 Å². The molecule has 0 bridgehead atoms. The van der Waals surface area contributed by atoms with Gasteiger partial charge >= 0.3 is 5.97 Å². The van der Waals surface area contributed by atoms with Crippen LogP contribution in [-0.2, 0) is 19.7 Å². The Bertz CT molecular complexity index is 906. The zero-order valence-electron chi connectivity index (χ0n) is 15.9. The van der Waals surface area contributed by atoms with Crippen LogP contribution < -0.4 is 5.32 Å². The van der Waals surface area contributed by atoms with E-state index in [4.69, 9.17) is 4.74 Å². The molecule has 0 fully saturated rings. The first-order valence-electron chi connectivity index (χ1n) is 9.09. The average Bonchev–Trinajstić information content (AvgIpc) is 3.26. The molecule has 0 aliphatic heterocycles. The Hall–Kier alpha value is -2.92. The lowest BCUT2D eigenvalue weighted by atomic mass is 9.85. The molecule has 1 N–H and O–H groups in total. The molecule has 1 aromatic heterocycles. The molecule has 0 saturated carbocycles. The van der Waals surface area contributed by atoms with Gasteiger partial charge in [0, 0.05) is 4.88 Å². The van der Waals surface area contributed by atoms with Gasteiger partial charge in [0.25, 0.3) is 5.91 Å². The SMILES string of the molecule is CC(C)(C(=O)OCC(=O)N[C@H](c1ccccc1)c1cccs1)c1ccccc1. The van der Waals surface area contributed by atoms with E-state index in [0.29, 0.717) is 0 Å². The number of nitrogens with one attached hydrogen (secondary N) is 1. The van der Waals surface area contributed by atoms with Crippen molar-refractivity contribution in [2.75, 3.05) is 6.61 Å². The highest BCUT2D eigenvalue weighted by Gasteiger charge is 2.32. The van der Waals surface area contributed by atoms with E-state index < -0.39 is 11.4 Å². The van der Waals surface area contributed by atoms with Gasteiger partial charge in [0.2, 0.25) is 0 Å². The molecule has 0 radical (unpaired) electrons. The molecule has 2 aromatic carbocycles. The lowest BCUT2D eigenvalue weighted by molar-refractivity contribution is -0.153. The number of benzene rings is 2. The van der Waals surface area contributed by atoms with Crippen LogP contribution >= 0.6 is 11.3 Å². The van der Waals surface area contributed by atoms with E-state index >= 15 is 0 Å². The standard InChI is InChI=1S/C23H23NO3S/c1-23(2,18-12-7-4-8-13-18)22(26)27-16-20(25)24-21(19-14-9-15-28-19)17-10-5-3-6-11-17/h3-15,21H,16H2,1-2H3,(H,24,25)/t21-/m1/s1. The third kappa shape index (κ3) is 4.67. The number of thiophene rings is 1. The number of esters is 1. The normalized spacial score (nSPS) is 12.2. The summed E-state index contributed by atoms with van der Waals surface area (Å²) in [6.07, 6.45) is 0. The van der Waals surface area contributed by atoms with Gasteiger partial charge in [0.1, 0.15) is 0 Å². The van der Waals surface area contributed by atoms with Crippen LogP contribution in [0.25, 0.3) is 0 Å². The fourth-order valence-electron chi connectivity index (χ4n) is 2.91. The minimum Gasteiger partial charge on any atom is -0.455 e. The number of rotatable bonds is 7. The van der Waals surface area contributed by atoms with E-state index in [9.17, 15) is 9.59 Å². The molecule has 1 atom stereocenters. The van der Waals surface area contributed by atoms with E-state index in [-0.39, 0.29) is 18.6 Å². The lowest BCUT2D eigenvalue weighted by Crippen LogP contribution is -2.36. The smallest absolute Gasteiger partial charge is 0.316 e. The van der Waals surface area contributed by atoms with E-state index in [2.05, 4.69) is 5.32 Å². The molecule has 4 nitrogen and oxygen atoms in total. The zero-order valence-corrected chi connectivity index (χ0v) is 16.7. The maximum Gasteiger partial charge on any atom is 0.316 e. The van der Waals surface area contributed by atoms with Crippen molar-refractivity contribution < 1.29 is 14.3 Å². The van der Waals surface area contributed by atoms with E-state index in [0.717, 1.165) is 16.0 Å². The maximum absolute atomic E-state index is 12.6. The fourth-order valence-corrected chi connectivity index (χ4v) is 3.71. The third-order valence-corrected chi connectivity index (χ3v) is 5.54. The van der Waals surface area contributed by atoms with Crippen molar-refractivity contribution in [3.8, 4) is 0 Å². The van der Waals surface area contributed by atoms with Crippen molar-refractivity contribution in [3.05, 3.63) is 94.2 Å². The molecule has 1 amide bonds. The molecule has 0 aliphatic carbocycles. The molecule has 0 spiro atoms. The average molecular weight is 394 g/mol. The van der Waals surface area contributed by atoms with Crippen LogP contribution in [0.3, 0.4) is 0 Å². The second-order valence-corrected chi connectivity index (χ2v) is 7.97. The highest BCUT2D eigenvalue weighted by Crippen LogP contribution is 2.26. The van der Waals surface area contributed by atoms with Crippen LogP contribution in [0.15, 0.2) is 78.2 Å². The highest BCUT2D eigenvalue weighted by molar-refractivity contribution is 7.10. The van der Waals surface area contributed by atoms with Crippen LogP contribution in [0.1, 0.15) is 35.9 Å². The molecule has 0 aliphatic rings. The third-order valence-electron chi connectivity index (χ3n) is 4.61. The molecular weight excluding hydrogens is 370 g/mol. The summed E-state index contributed by atoms with van der Waals surface area (Å²) in [5, 5.41) is 4.95. The number of carbonyl (C=O) groups excluding carboxylic acids is 2. The van der Waals surface area contributed by atoms with Gasteiger partial charge < -0.3 is 10.1 Å². The summed E-state index contributed by atoms with van der Waals surface area (Å²) in [5.74, 6) is -0.763. The molecule has 3 aromatic rings. The van der Waals surface area contributed by atoms with Crippen molar-refractivity contribution in [2.24, 2.45) is 0 Å². The van der Waals surface area contributed by atoms with Gasteiger partial charge in [-0.15, -0.1) is 11.3 Å². The number of hydrogen-bond acceptors (Lipinski definition) is 4. The monoisotopic (exact) mass is 393 g/mol. The lowest BCUT2D eigenvalue weighted by Gasteiger charge is -2.23. The summed E-state index contributed by atoms with van der Waals surface area (Å²) in [4.78, 5) is 26.1. The predicted octanol–water partition coefficient (Wildman–Crippen LogP) is 4.47. The summed E-state index contributed by atoms with van der Waals surface area (Å²) in [7, 11) is 0. The quantitative estimate of drug-likeness (QED) is 0.603. The van der Waals surface area contributed by atoms with Crippen molar-refractivity contribution in [1.29, 1.82) is 0 Å². The van der Waals surface area contributed by atoms with E-state index in [1.54, 1.807) is 25.2 Å². The fraction of sp³-hybridized carbons (Fsp3) is 0.217. The number of carbonyl (C=O) groups is 2. The van der Waals surface area contributed by atoms with Gasteiger partial charge in [-0.1, -0.05) is 66.7 Å². The second-order valence-electron chi connectivity index (χ2n) is 6.99. The van der Waals surface area contributed by atoms with Gasteiger partial charge in [0.15, 0.2) is 6.61 Å². The largest absolute Gasteiger partial charge is 0.455 e. The molecule has 5 heteroatoms. The first-order chi connectivity index (χ1) is 13.5. The molecule has 0 unspecified atom stereocenters. The predicted molar refractivity (Wildman–Crippen MR) is 111 cm³/mol. The van der Waals surface area contributed by atoms with E-state index in [1.165, 1.54) is 0 Å². The van der Waals surface area contributed by atoms with Crippen LogP contribution in [0.2, 0.25) is 0 Å². The van der Waals surface area contributed by atoms with Crippen LogP contribution in [0, 0.1) is 0 Å². The Balaban J connectivity index is 1.65. The summed E-state index contributed by atoms with van der Waals surface area (Å²) >= 11 is 1.57. The van der Waals surface area contributed by atoms with Crippen LogP contribution in [-0.4, -0.2) is 18.5 Å². The van der Waals surface area contributed by atoms with Crippen molar-refractivity contribution >= 4 is 23.2 Å². The number of amides is 1. The highest BCUT2D eigenvalue weighted by atomic mass is 32.1. The molecule has 28 heavy (non-hydrogen) atoms. The zero-order chi connectivity index (χ0) is 20.0. The summed E-state index contributed by atoms with van der Waals surface area (Å²) < 4.78 is 5.33. The van der Waals surface area contributed by atoms with Crippen LogP contribution in [0.5, 0.6) is 0 Å². The summed E-state index contributed by atoms with van der Waals surface area (Å²) in [5.41, 5.74) is 1.00. The van der Waals surface area contributed by atoms with Gasteiger partial charge in [0.05, 0.1) is 11.5 Å². The summed E-state index contributed by atoms with van der Waals surface area (Å²) in [6.45, 7) is 3.27. The first kappa shape index (κ1) is 19.8. The molecule has 3 rings (SSSR count). The topological polar surface area (TPSA) is 55.4 Å². The number of hydrogen-bond donors (Lipinski definition) is 1. The van der Waals surface area contributed by atoms with Gasteiger partial charge in [-0.2, -0.15) is 0 Å². The molecule has 0 saturated heterocycles. The number of ether oxygens (including phenoxy) is 1.